The first-order valence-corrected chi connectivity index (χ1v) is 8.59. The van der Waals surface area contributed by atoms with E-state index in [9.17, 15) is 18.8 Å². The Balaban J connectivity index is 2.29. The van der Waals surface area contributed by atoms with Gasteiger partial charge in [-0.3, -0.25) is 10.1 Å². The number of carbonyl (C=O) groups excluding carboxylic acids is 3. The Morgan fingerprint density at radius 1 is 1.04 bits per heavy atom. The predicted molar refractivity (Wildman–Crippen MR) is 99.4 cm³/mol. The van der Waals surface area contributed by atoms with Crippen molar-refractivity contribution in [2.75, 3.05) is 18.5 Å². The van der Waals surface area contributed by atoms with E-state index < -0.39 is 23.7 Å². The summed E-state index contributed by atoms with van der Waals surface area (Å²) in [5, 5.41) is 2.41. The van der Waals surface area contributed by atoms with Crippen molar-refractivity contribution in [2.24, 2.45) is 0 Å². The SMILES string of the molecule is CCOC(=O)c1c(C)oc(NC(=O)/C=C/c2ccc(F)cc2)c1C(=O)OCC. The largest absolute Gasteiger partial charge is 0.462 e. The van der Waals surface area contributed by atoms with Crippen molar-refractivity contribution in [3.63, 3.8) is 0 Å². The maximum atomic E-state index is 12.9. The third-order valence-electron chi connectivity index (χ3n) is 3.58. The average molecular weight is 389 g/mol. The lowest BCUT2D eigenvalue weighted by Crippen LogP contribution is -2.16. The molecule has 0 spiro atoms. The van der Waals surface area contributed by atoms with Gasteiger partial charge in [0, 0.05) is 6.08 Å². The van der Waals surface area contributed by atoms with Gasteiger partial charge in [-0.05, 0) is 44.5 Å². The highest BCUT2D eigenvalue weighted by atomic mass is 19.1. The topological polar surface area (TPSA) is 94.8 Å². The molecule has 0 unspecified atom stereocenters. The smallest absolute Gasteiger partial charge is 0.344 e. The minimum atomic E-state index is -0.819. The lowest BCUT2D eigenvalue weighted by atomic mass is 10.1. The highest BCUT2D eigenvalue weighted by Crippen LogP contribution is 2.29. The van der Waals surface area contributed by atoms with E-state index in [1.165, 1.54) is 43.3 Å². The maximum absolute atomic E-state index is 12.9. The molecular weight excluding hydrogens is 369 g/mol. The molecule has 1 amide bonds. The van der Waals surface area contributed by atoms with Gasteiger partial charge in [-0.15, -0.1) is 0 Å². The second-order valence-corrected chi connectivity index (χ2v) is 5.55. The monoisotopic (exact) mass is 389 g/mol. The number of furan rings is 1. The van der Waals surface area contributed by atoms with E-state index in [1.54, 1.807) is 13.8 Å². The summed E-state index contributed by atoms with van der Waals surface area (Å²) < 4.78 is 28.2. The van der Waals surface area contributed by atoms with E-state index >= 15 is 0 Å². The van der Waals surface area contributed by atoms with E-state index in [0.717, 1.165) is 0 Å². The van der Waals surface area contributed by atoms with Crippen LogP contribution >= 0.6 is 0 Å². The summed E-state index contributed by atoms with van der Waals surface area (Å²) in [4.78, 5) is 36.7. The van der Waals surface area contributed by atoms with Gasteiger partial charge in [0.1, 0.15) is 22.7 Å². The first-order valence-electron chi connectivity index (χ1n) is 8.59. The Morgan fingerprint density at radius 2 is 1.61 bits per heavy atom. The summed E-state index contributed by atoms with van der Waals surface area (Å²) in [5.41, 5.74) is 0.296. The Hall–Kier alpha value is -3.42. The highest BCUT2D eigenvalue weighted by Gasteiger charge is 2.31. The van der Waals surface area contributed by atoms with Crippen LogP contribution in [0.3, 0.4) is 0 Å². The number of aryl methyl sites for hydroxylation is 1. The van der Waals surface area contributed by atoms with Crippen LogP contribution in [0.25, 0.3) is 6.08 Å². The molecule has 1 heterocycles. The summed E-state index contributed by atoms with van der Waals surface area (Å²) in [7, 11) is 0. The number of amides is 1. The van der Waals surface area contributed by atoms with E-state index in [-0.39, 0.29) is 36.0 Å². The molecule has 1 N–H and O–H groups in total. The molecule has 0 bridgehead atoms. The minimum Gasteiger partial charge on any atom is -0.462 e. The highest BCUT2D eigenvalue weighted by molar-refractivity contribution is 6.10. The number of benzene rings is 1. The molecule has 8 heteroatoms. The number of nitrogens with one attached hydrogen (secondary N) is 1. The zero-order valence-corrected chi connectivity index (χ0v) is 15.7. The van der Waals surface area contributed by atoms with Gasteiger partial charge in [-0.2, -0.15) is 0 Å². The Labute approximate surface area is 161 Å². The van der Waals surface area contributed by atoms with Gasteiger partial charge in [0.15, 0.2) is 0 Å². The summed E-state index contributed by atoms with van der Waals surface area (Å²) in [5.74, 6) is -2.68. The van der Waals surface area contributed by atoms with Crippen molar-refractivity contribution in [2.45, 2.75) is 20.8 Å². The summed E-state index contributed by atoms with van der Waals surface area (Å²) >= 11 is 0. The van der Waals surface area contributed by atoms with Crippen LogP contribution < -0.4 is 5.32 Å². The molecular formula is C20H20FNO6. The van der Waals surface area contributed by atoms with E-state index in [0.29, 0.717) is 5.56 Å². The lowest BCUT2D eigenvalue weighted by Gasteiger charge is -2.06. The number of halogens is 1. The van der Waals surface area contributed by atoms with Crippen molar-refractivity contribution in [3.8, 4) is 0 Å². The first-order chi connectivity index (χ1) is 13.4. The third-order valence-corrected chi connectivity index (χ3v) is 3.58. The van der Waals surface area contributed by atoms with Gasteiger partial charge in [0.05, 0.1) is 13.2 Å². The van der Waals surface area contributed by atoms with E-state index in [1.807, 2.05) is 0 Å². The van der Waals surface area contributed by atoms with Crippen LogP contribution in [0, 0.1) is 12.7 Å². The molecule has 148 valence electrons. The predicted octanol–water partition coefficient (Wildman–Crippen LogP) is 3.73. The quantitative estimate of drug-likeness (QED) is 0.573. The molecule has 0 saturated heterocycles. The standard InChI is InChI=1S/C20H20FNO6/c1-4-26-19(24)16-12(3)28-18(17(16)20(25)27-5-2)22-15(23)11-8-13-6-9-14(21)10-7-13/h6-11H,4-5H2,1-3H3,(H,22,23)/b11-8+. The van der Waals surface area contributed by atoms with E-state index in [2.05, 4.69) is 5.32 Å². The van der Waals surface area contributed by atoms with Gasteiger partial charge in [-0.1, -0.05) is 12.1 Å². The Kier molecular flexibility index (Phi) is 7.08. The fraction of sp³-hybridized carbons (Fsp3) is 0.250. The molecule has 0 saturated carbocycles. The van der Waals surface area contributed by atoms with Crippen LogP contribution in [0.5, 0.6) is 0 Å². The Morgan fingerprint density at radius 3 is 2.18 bits per heavy atom. The number of carbonyl (C=O) groups is 3. The van der Waals surface area contributed by atoms with Crippen molar-refractivity contribution in [1.29, 1.82) is 0 Å². The summed E-state index contributed by atoms with van der Waals surface area (Å²) in [6, 6.07) is 5.52. The van der Waals surface area contributed by atoms with Gasteiger partial charge in [0.25, 0.3) is 5.91 Å². The van der Waals surface area contributed by atoms with Crippen LogP contribution in [0.2, 0.25) is 0 Å². The fourth-order valence-electron chi connectivity index (χ4n) is 2.38. The van der Waals surface area contributed by atoms with Crippen LogP contribution in [0.1, 0.15) is 45.9 Å². The van der Waals surface area contributed by atoms with E-state index in [4.69, 9.17) is 13.9 Å². The molecule has 0 fully saturated rings. The molecule has 0 atom stereocenters. The normalized spacial score (nSPS) is 10.7. The number of rotatable bonds is 7. The van der Waals surface area contributed by atoms with Crippen LogP contribution in [0.4, 0.5) is 10.3 Å². The summed E-state index contributed by atoms with van der Waals surface area (Å²) in [6.07, 6.45) is 2.64. The molecule has 0 aliphatic rings. The molecule has 0 aliphatic heterocycles. The molecule has 2 aromatic rings. The van der Waals surface area contributed by atoms with Crippen molar-refractivity contribution in [3.05, 3.63) is 58.6 Å². The fourth-order valence-corrected chi connectivity index (χ4v) is 2.38. The van der Waals surface area contributed by atoms with Crippen molar-refractivity contribution >= 4 is 29.8 Å². The first kappa shape index (κ1) is 20.9. The zero-order chi connectivity index (χ0) is 20.7. The van der Waals surface area contributed by atoms with Crippen molar-refractivity contribution < 1.29 is 32.7 Å². The molecule has 0 radical (unpaired) electrons. The second kappa shape index (κ2) is 9.50. The zero-order valence-electron chi connectivity index (χ0n) is 15.7. The molecule has 1 aromatic carbocycles. The maximum Gasteiger partial charge on any atom is 0.344 e. The van der Waals surface area contributed by atoms with Crippen LogP contribution in [0.15, 0.2) is 34.8 Å². The molecule has 0 aliphatic carbocycles. The average Bonchev–Trinajstić information content (AvgIpc) is 2.97. The van der Waals surface area contributed by atoms with Gasteiger partial charge < -0.3 is 13.9 Å². The lowest BCUT2D eigenvalue weighted by molar-refractivity contribution is -0.111. The third kappa shape index (κ3) is 5.06. The van der Waals surface area contributed by atoms with Gasteiger partial charge >= 0.3 is 11.9 Å². The summed E-state index contributed by atoms with van der Waals surface area (Å²) in [6.45, 7) is 4.88. The van der Waals surface area contributed by atoms with Gasteiger partial charge in [-0.25, -0.2) is 14.0 Å². The number of esters is 2. The number of ether oxygens (including phenoxy) is 2. The molecule has 1 aromatic heterocycles. The Bertz CT molecular complexity index is 898. The number of anilines is 1. The van der Waals surface area contributed by atoms with Crippen LogP contribution in [-0.2, 0) is 14.3 Å². The molecule has 7 nitrogen and oxygen atoms in total. The second-order valence-electron chi connectivity index (χ2n) is 5.55. The number of hydrogen-bond donors (Lipinski definition) is 1. The minimum absolute atomic E-state index is 0.0726. The van der Waals surface area contributed by atoms with Crippen LogP contribution in [-0.4, -0.2) is 31.1 Å². The van der Waals surface area contributed by atoms with Gasteiger partial charge in [0.2, 0.25) is 5.88 Å². The molecule has 2 rings (SSSR count). The molecule has 28 heavy (non-hydrogen) atoms. The van der Waals surface area contributed by atoms with Crippen molar-refractivity contribution in [1.82, 2.24) is 0 Å². The number of hydrogen-bond acceptors (Lipinski definition) is 6.